The van der Waals surface area contributed by atoms with Crippen LogP contribution in [0.3, 0.4) is 0 Å². The fourth-order valence-electron chi connectivity index (χ4n) is 4.47. The van der Waals surface area contributed by atoms with Gasteiger partial charge in [0.25, 0.3) is 0 Å². The number of fused-ring (bicyclic) bond motifs is 1. The van der Waals surface area contributed by atoms with Gasteiger partial charge < -0.3 is 9.67 Å². The second-order valence-electron chi connectivity index (χ2n) is 7.88. The average Bonchev–Trinajstić information content (AvgIpc) is 3.13. The van der Waals surface area contributed by atoms with Crippen LogP contribution in [0.1, 0.15) is 69.6 Å². The molecule has 1 aliphatic rings. The summed E-state index contributed by atoms with van der Waals surface area (Å²) in [4.78, 5) is 13.5. The third-order valence-corrected chi connectivity index (χ3v) is 6.11. The minimum atomic E-state index is -0.732. The molecule has 1 saturated carbocycles. The van der Waals surface area contributed by atoms with E-state index >= 15 is 0 Å². The largest absolute Gasteiger partial charge is 0.385 e. The van der Waals surface area contributed by atoms with E-state index in [1.165, 1.54) is 19.3 Å². The first kappa shape index (κ1) is 19.8. The third kappa shape index (κ3) is 3.73. The molecule has 2 atom stereocenters. The molecule has 6 nitrogen and oxygen atoms in total. The standard InChI is InChI=1S/C22H24ClN5O/c1-13(15-6-4-3-5-7-15)28-21-19(27-22(28)14(2)29)9-18(10-24)26-20(21)16-8-17(23)12-25-11-16/h8-9,11-15,29H,3-7H2,1-2H3. The van der Waals surface area contributed by atoms with Crippen molar-refractivity contribution in [1.29, 1.82) is 5.26 Å². The van der Waals surface area contributed by atoms with E-state index in [0.717, 1.165) is 23.9 Å². The van der Waals surface area contributed by atoms with E-state index in [1.807, 2.05) is 0 Å². The molecule has 0 aliphatic heterocycles. The molecule has 3 aromatic heterocycles. The van der Waals surface area contributed by atoms with E-state index in [1.54, 1.807) is 31.5 Å². The number of aliphatic hydroxyl groups is 1. The van der Waals surface area contributed by atoms with Gasteiger partial charge in [-0.25, -0.2) is 9.97 Å². The molecule has 0 saturated heterocycles. The Morgan fingerprint density at radius 1 is 1.17 bits per heavy atom. The number of halogens is 1. The highest BCUT2D eigenvalue weighted by molar-refractivity contribution is 6.30. The summed E-state index contributed by atoms with van der Waals surface area (Å²) in [7, 11) is 0. The van der Waals surface area contributed by atoms with Crippen LogP contribution in [0.4, 0.5) is 0 Å². The van der Waals surface area contributed by atoms with Gasteiger partial charge >= 0.3 is 0 Å². The van der Waals surface area contributed by atoms with Gasteiger partial charge in [-0.05, 0) is 38.7 Å². The number of nitriles is 1. The molecule has 3 heterocycles. The highest BCUT2D eigenvalue weighted by Gasteiger charge is 2.28. The maximum Gasteiger partial charge on any atom is 0.143 e. The Labute approximate surface area is 175 Å². The first-order valence-electron chi connectivity index (χ1n) is 10.1. The number of hydrogen-bond acceptors (Lipinski definition) is 5. The van der Waals surface area contributed by atoms with Crippen LogP contribution in [-0.2, 0) is 0 Å². The molecule has 2 unspecified atom stereocenters. The smallest absolute Gasteiger partial charge is 0.143 e. The van der Waals surface area contributed by atoms with E-state index in [2.05, 4.69) is 27.5 Å². The lowest BCUT2D eigenvalue weighted by Gasteiger charge is -2.30. The summed E-state index contributed by atoms with van der Waals surface area (Å²) in [5.41, 5.74) is 3.11. The Morgan fingerprint density at radius 3 is 2.59 bits per heavy atom. The number of pyridine rings is 2. The zero-order valence-electron chi connectivity index (χ0n) is 16.6. The lowest BCUT2D eigenvalue weighted by Crippen LogP contribution is -2.22. The lowest BCUT2D eigenvalue weighted by molar-refractivity contribution is 0.173. The zero-order chi connectivity index (χ0) is 20.5. The Hall–Kier alpha value is -2.49. The van der Waals surface area contributed by atoms with Gasteiger partial charge in [-0.15, -0.1) is 0 Å². The van der Waals surface area contributed by atoms with E-state index < -0.39 is 6.10 Å². The van der Waals surface area contributed by atoms with Gasteiger partial charge in [0.05, 0.1) is 21.7 Å². The van der Waals surface area contributed by atoms with Crippen LogP contribution in [-0.4, -0.2) is 24.6 Å². The molecule has 4 rings (SSSR count). The molecule has 0 aromatic carbocycles. The van der Waals surface area contributed by atoms with Crippen LogP contribution in [0, 0.1) is 17.2 Å². The van der Waals surface area contributed by atoms with Crippen molar-refractivity contribution in [3.05, 3.63) is 41.1 Å². The minimum absolute atomic E-state index is 0.158. The first-order chi connectivity index (χ1) is 14.0. The molecule has 29 heavy (non-hydrogen) atoms. The number of rotatable bonds is 4. The monoisotopic (exact) mass is 409 g/mol. The van der Waals surface area contributed by atoms with Crippen molar-refractivity contribution < 1.29 is 5.11 Å². The van der Waals surface area contributed by atoms with Crippen molar-refractivity contribution in [2.24, 2.45) is 5.92 Å². The lowest BCUT2D eigenvalue weighted by atomic mass is 9.84. The summed E-state index contributed by atoms with van der Waals surface area (Å²) >= 11 is 6.18. The van der Waals surface area contributed by atoms with Crippen LogP contribution in [0.15, 0.2) is 24.5 Å². The maximum atomic E-state index is 10.5. The van der Waals surface area contributed by atoms with Gasteiger partial charge in [0.1, 0.15) is 23.7 Å². The second kappa shape index (κ2) is 8.10. The fourth-order valence-corrected chi connectivity index (χ4v) is 4.65. The average molecular weight is 410 g/mol. The molecule has 1 fully saturated rings. The van der Waals surface area contributed by atoms with Crippen molar-refractivity contribution in [3.63, 3.8) is 0 Å². The Kier molecular flexibility index (Phi) is 5.53. The van der Waals surface area contributed by atoms with Crippen LogP contribution < -0.4 is 0 Å². The fraction of sp³-hybridized carbons (Fsp3) is 0.455. The summed E-state index contributed by atoms with van der Waals surface area (Å²) in [6.45, 7) is 3.92. The van der Waals surface area contributed by atoms with Gasteiger partial charge in [0.15, 0.2) is 0 Å². The summed E-state index contributed by atoms with van der Waals surface area (Å²) in [6, 6.07) is 5.76. The normalized spacial score (nSPS) is 17.2. The van der Waals surface area contributed by atoms with E-state index in [0.29, 0.717) is 28.0 Å². The molecule has 7 heteroatoms. The molecular weight excluding hydrogens is 386 g/mol. The van der Waals surface area contributed by atoms with Crippen molar-refractivity contribution >= 4 is 22.6 Å². The molecular formula is C22H24ClN5O. The van der Waals surface area contributed by atoms with Crippen molar-refractivity contribution in [2.75, 3.05) is 0 Å². The number of aliphatic hydroxyl groups excluding tert-OH is 1. The van der Waals surface area contributed by atoms with Crippen LogP contribution in [0.25, 0.3) is 22.3 Å². The number of nitrogens with zero attached hydrogens (tertiary/aromatic N) is 5. The number of aromatic nitrogens is 4. The first-order valence-corrected chi connectivity index (χ1v) is 10.5. The molecule has 150 valence electrons. The predicted molar refractivity (Wildman–Crippen MR) is 112 cm³/mol. The quantitative estimate of drug-likeness (QED) is 0.638. The van der Waals surface area contributed by atoms with Gasteiger partial charge in [0, 0.05) is 30.1 Å². The molecule has 0 spiro atoms. The van der Waals surface area contributed by atoms with Crippen molar-refractivity contribution in [2.45, 2.75) is 58.1 Å². The number of imidazole rings is 1. The van der Waals surface area contributed by atoms with Gasteiger partial charge in [0.2, 0.25) is 0 Å². The summed E-state index contributed by atoms with van der Waals surface area (Å²) in [6.07, 6.45) is 8.60. The second-order valence-corrected chi connectivity index (χ2v) is 8.32. The van der Waals surface area contributed by atoms with Gasteiger partial charge in [-0.3, -0.25) is 4.98 Å². The van der Waals surface area contributed by atoms with Crippen molar-refractivity contribution in [1.82, 2.24) is 19.5 Å². The van der Waals surface area contributed by atoms with Gasteiger partial charge in [-0.1, -0.05) is 30.9 Å². The summed E-state index contributed by atoms with van der Waals surface area (Å²) in [5, 5.41) is 20.5. The Bertz CT molecular complexity index is 1080. The molecule has 1 N–H and O–H groups in total. The van der Waals surface area contributed by atoms with Crippen molar-refractivity contribution in [3.8, 4) is 17.3 Å². The zero-order valence-corrected chi connectivity index (χ0v) is 17.4. The van der Waals surface area contributed by atoms with Gasteiger partial charge in [-0.2, -0.15) is 5.26 Å². The highest BCUT2D eigenvalue weighted by atomic mass is 35.5. The SMILES string of the molecule is CC(O)c1nc2cc(C#N)nc(-c3cncc(Cl)c3)c2n1C(C)C1CCCCC1. The van der Waals surface area contributed by atoms with E-state index in [-0.39, 0.29) is 11.7 Å². The topological polar surface area (TPSA) is 87.6 Å². The molecule has 0 amide bonds. The van der Waals surface area contributed by atoms with Crippen LogP contribution >= 0.6 is 11.6 Å². The Morgan fingerprint density at radius 2 is 1.93 bits per heavy atom. The molecule has 3 aromatic rings. The molecule has 0 radical (unpaired) electrons. The summed E-state index contributed by atoms with van der Waals surface area (Å²) in [5.74, 6) is 1.12. The Balaban J connectivity index is 2.00. The highest BCUT2D eigenvalue weighted by Crippen LogP contribution is 2.39. The van der Waals surface area contributed by atoms with Crippen LogP contribution in [0.5, 0.6) is 0 Å². The number of hydrogen-bond donors (Lipinski definition) is 1. The minimum Gasteiger partial charge on any atom is -0.385 e. The molecule has 1 aliphatic carbocycles. The maximum absolute atomic E-state index is 10.5. The van der Waals surface area contributed by atoms with Crippen LogP contribution in [0.2, 0.25) is 5.02 Å². The third-order valence-electron chi connectivity index (χ3n) is 5.90. The predicted octanol–water partition coefficient (Wildman–Crippen LogP) is 5.21. The summed E-state index contributed by atoms with van der Waals surface area (Å²) < 4.78 is 2.13. The molecule has 0 bridgehead atoms. The van der Waals surface area contributed by atoms with E-state index in [4.69, 9.17) is 16.6 Å². The van der Waals surface area contributed by atoms with E-state index in [9.17, 15) is 10.4 Å².